The molecule has 8 heteroatoms. The highest BCUT2D eigenvalue weighted by Gasteiger charge is 2.13. The second-order valence-corrected chi connectivity index (χ2v) is 4.46. The van der Waals surface area contributed by atoms with Crippen molar-refractivity contribution in [2.75, 3.05) is 11.2 Å². The molecule has 18 heavy (non-hydrogen) atoms. The highest BCUT2D eigenvalue weighted by Crippen LogP contribution is 2.28. The Morgan fingerprint density at radius 1 is 1.39 bits per heavy atom. The van der Waals surface area contributed by atoms with Crippen LogP contribution in [0.2, 0.25) is 0 Å². The van der Waals surface area contributed by atoms with Gasteiger partial charge in [-0.2, -0.15) is 0 Å². The molecule has 1 heterocycles. The molecule has 0 saturated carbocycles. The average molecular weight is 290 g/mol. The first kappa shape index (κ1) is 12.8. The molecule has 0 unspecified atom stereocenters. The summed E-state index contributed by atoms with van der Waals surface area (Å²) in [6.07, 6.45) is 0. The van der Waals surface area contributed by atoms with Crippen LogP contribution in [-0.4, -0.2) is 22.0 Å². The Morgan fingerprint density at radius 2 is 2.17 bits per heavy atom. The number of hydrogen-bond donors (Lipinski definition) is 1. The first-order valence-electron chi connectivity index (χ1n) is 4.75. The smallest absolute Gasteiger partial charge is 0.241 e. The van der Waals surface area contributed by atoms with Crippen LogP contribution in [0.15, 0.2) is 18.2 Å². The van der Waals surface area contributed by atoms with Gasteiger partial charge in [-0.1, -0.05) is 11.3 Å². The number of nitrogens with one attached hydrogen (secondary N) is 1. The van der Waals surface area contributed by atoms with Gasteiger partial charge in [-0.25, -0.2) is 8.78 Å². The van der Waals surface area contributed by atoms with Crippen molar-refractivity contribution in [2.45, 2.75) is 0 Å². The molecule has 0 aliphatic rings. The maximum atomic E-state index is 13.5. The van der Waals surface area contributed by atoms with Crippen molar-refractivity contribution in [3.8, 4) is 10.6 Å². The van der Waals surface area contributed by atoms with Crippen molar-refractivity contribution in [1.82, 2.24) is 10.2 Å². The molecule has 0 fully saturated rings. The van der Waals surface area contributed by atoms with Gasteiger partial charge in [-0.15, -0.1) is 21.8 Å². The van der Waals surface area contributed by atoms with Crippen LogP contribution in [0.4, 0.5) is 13.9 Å². The third kappa shape index (κ3) is 2.80. The summed E-state index contributed by atoms with van der Waals surface area (Å²) in [7, 11) is 0. The van der Waals surface area contributed by atoms with Crippen LogP contribution >= 0.6 is 22.9 Å². The quantitative estimate of drug-likeness (QED) is 0.884. The fraction of sp³-hybridized carbons (Fsp3) is 0.100. The predicted octanol–water partition coefficient (Wildman–Crippen LogP) is 2.66. The lowest BCUT2D eigenvalue weighted by atomic mass is 10.2. The average Bonchev–Trinajstić information content (AvgIpc) is 2.80. The van der Waals surface area contributed by atoms with E-state index in [1.807, 2.05) is 0 Å². The minimum atomic E-state index is -0.609. The summed E-state index contributed by atoms with van der Waals surface area (Å²) >= 11 is 6.24. The summed E-state index contributed by atoms with van der Waals surface area (Å²) in [5, 5.41) is 10.1. The number of carbonyl (C=O) groups is 1. The van der Waals surface area contributed by atoms with Gasteiger partial charge in [-0.3, -0.25) is 10.1 Å². The zero-order valence-electron chi connectivity index (χ0n) is 8.78. The van der Waals surface area contributed by atoms with Crippen LogP contribution in [-0.2, 0) is 4.79 Å². The predicted molar refractivity (Wildman–Crippen MR) is 64.6 cm³/mol. The molecule has 0 saturated heterocycles. The van der Waals surface area contributed by atoms with Crippen molar-refractivity contribution in [2.24, 2.45) is 0 Å². The van der Waals surface area contributed by atoms with Crippen molar-refractivity contribution >= 4 is 34.0 Å². The SMILES string of the molecule is O=C(CCl)Nc1nnc(-c2cc(F)ccc2F)s1. The first-order chi connectivity index (χ1) is 8.60. The van der Waals surface area contributed by atoms with Gasteiger partial charge in [0.05, 0.1) is 5.56 Å². The fourth-order valence-corrected chi connectivity index (χ4v) is 2.04. The Balaban J connectivity index is 2.29. The molecule has 0 radical (unpaired) electrons. The number of halogens is 3. The summed E-state index contributed by atoms with van der Waals surface area (Å²) in [5.41, 5.74) is -0.00104. The van der Waals surface area contributed by atoms with Crippen LogP contribution in [0.5, 0.6) is 0 Å². The van der Waals surface area contributed by atoms with Crippen molar-refractivity contribution in [1.29, 1.82) is 0 Å². The normalized spacial score (nSPS) is 10.4. The number of rotatable bonds is 3. The van der Waals surface area contributed by atoms with Gasteiger partial charge in [0.25, 0.3) is 0 Å². The number of alkyl halides is 1. The largest absolute Gasteiger partial charge is 0.299 e. The molecule has 0 spiro atoms. The van der Waals surface area contributed by atoms with Crippen LogP contribution in [0, 0.1) is 11.6 Å². The second kappa shape index (κ2) is 5.36. The van der Waals surface area contributed by atoms with E-state index in [1.165, 1.54) is 0 Å². The molecular formula is C10H6ClF2N3OS. The van der Waals surface area contributed by atoms with E-state index in [9.17, 15) is 13.6 Å². The van der Waals surface area contributed by atoms with E-state index in [-0.39, 0.29) is 21.6 Å². The third-order valence-corrected chi connectivity index (χ3v) is 3.07. The van der Waals surface area contributed by atoms with Crippen LogP contribution < -0.4 is 5.32 Å². The molecule has 1 amide bonds. The topological polar surface area (TPSA) is 54.9 Å². The Labute approximate surface area is 110 Å². The first-order valence-corrected chi connectivity index (χ1v) is 6.10. The summed E-state index contributed by atoms with van der Waals surface area (Å²) in [5.74, 6) is -1.85. The summed E-state index contributed by atoms with van der Waals surface area (Å²) in [6, 6.07) is 3.03. The van der Waals surface area contributed by atoms with Crippen LogP contribution in [0.1, 0.15) is 0 Å². The summed E-state index contributed by atoms with van der Waals surface area (Å²) in [6.45, 7) is 0. The highest BCUT2D eigenvalue weighted by molar-refractivity contribution is 7.18. The van der Waals surface area contributed by atoms with Gasteiger partial charge in [0.2, 0.25) is 11.0 Å². The molecule has 1 aromatic carbocycles. The zero-order chi connectivity index (χ0) is 13.1. The van der Waals surface area contributed by atoms with E-state index < -0.39 is 17.5 Å². The number of carbonyl (C=O) groups excluding carboxylic acids is 1. The standard InChI is InChI=1S/C10H6ClF2N3OS/c11-4-8(17)14-10-16-15-9(18-10)6-3-5(12)1-2-7(6)13/h1-3H,4H2,(H,14,16,17). The molecule has 4 nitrogen and oxygen atoms in total. The van der Waals surface area contributed by atoms with Crippen molar-refractivity contribution in [3.05, 3.63) is 29.8 Å². The van der Waals surface area contributed by atoms with Gasteiger partial charge in [0.15, 0.2) is 5.01 Å². The number of hydrogen-bond acceptors (Lipinski definition) is 4. The maximum Gasteiger partial charge on any atom is 0.241 e. The molecule has 0 bridgehead atoms. The number of aromatic nitrogens is 2. The molecule has 0 aliphatic heterocycles. The zero-order valence-corrected chi connectivity index (χ0v) is 10.4. The summed E-state index contributed by atoms with van der Waals surface area (Å²) in [4.78, 5) is 11.0. The van der Waals surface area contributed by atoms with Crippen molar-refractivity contribution < 1.29 is 13.6 Å². The maximum absolute atomic E-state index is 13.5. The van der Waals surface area contributed by atoms with Gasteiger partial charge in [0, 0.05) is 0 Å². The third-order valence-electron chi connectivity index (χ3n) is 1.95. The minimum Gasteiger partial charge on any atom is -0.299 e. The van der Waals surface area contributed by atoms with E-state index in [2.05, 4.69) is 15.5 Å². The molecule has 0 atom stereocenters. The van der Waals surface area contributed by atoms with E-state index in [1.54, 1.807) is 0 Å². The van der Waals surface area contributed by atoms with Crippen LogP contribution in [0.25, 0.3) is 10.6 Å². The second-order valence-electron chi connectivity index (χ2n) is 3.22. The molecule has 1 aromatic heterocycles. The Kier molecular flexibility index (Phi) is 3.83. The van der Waals surface area contributed by atoms with Gasteiger partial charge in [0.1, 0.15) is 17.5 Å². The van der Waals surface area contributed by atoms with E-state index >= 15 is 0 Å². The monoisotopic (exact) mass is 289 g/mol. The Bertz CT molecular complexity index is 590. The van der Waals surface area contributed by atoms with E-state index in [4.69, 9.17) is 11.6 Å². The lowest BCUT2D eigenvalue weighted by molar-refractivity contribution is -0.113. The fourth-order valence-electron chi connectivity index (χ4n) is 1.20. The van der Waals surface area contributed by atoms with E-state index in [0.29, 0.717) is 0 Å². The van der Waals surface area contributed by atoms with Gasteiger partial charge >= 0.3 is 0 Å². The molecule has 2 aromatic rings. The molecular weight excluding hydrogens is 284 g/mol. The van der Waals surface area contributed by atoms with Crippen LogP contribution in [0.3, 0.4) is 0 Å². The van der Waals surface area contributed by atoms with E-state index in [0.717, 1.165) is 29.5 Å². The summed E-state index contributed by atoms with van der Waals surface area (Å²) < 4.78 is 26.5. The molecule has 2 rings (SSSR count). The number of amides is 1. The lowest BCUT2D eigenvalue weighted by Crippen LogP contribution is -2.12. The minimum absolute atomic E-state index is 0.00104. The molecule has 94 valence electrons. The molecule has 0 aliphatic carbocycles. The van der Waals surface area contributed by atoms with Crippen molar-refractivity contribution in [3.63, 3.8) is 0 Å². The Morgan fingerprint density at radius 3 is 2.89 bits per heavy atom. The van der Waals surface area contributed by atoms with Gasteiger partial charge in [-0.05, 0) is 18.2 Å². The Hall–Kier alpha value is -1.60. The number of anilines is 1. The lowest BCUT2D eigenvalue weighted by Gasteiger charge is -1.97. The number of benzene rings is 1. The molecule has 1 N–H and O–H groups in total. The number of nitrogens with zero attached hydrogens (tertiary/aromatic N) is 2. The highest BCUT2D eigenvalue weighted by atomic mass is 35.5. The van der Waals surface area contributed by atoms with Gasteiger partial charge < -0.3 is 0 Å².